The average molecular weight is 256 g/mol. The number of hydrogen-bond donors (Lipinski definition) is 2. The number of carboxylic acids is 1. The summed E-state index contributed by atoms with van der Waals surface area (Å²) < 4.78 is 0. The van der Waals surface area contributed by atoms with Gasteiger partial charge >= 0.3 is 5.97 Å². The number of carboxylic acid groups (broad SMARTS) is 1. The van der Waals surface area contributed by atoms with Crippen molar-refractivity contribution in [3.05, 3.63) is 34.9 Å². The Morgan fingerprint density at radius 3 is 2.24 bits per heavy atom. The predicted octanol–water partition coefficient (Wildman–Crippen LogP) is 3.10. The second-order valence-electron chi connectivity index (χ2n) is 4.36. The zero-order valence-electron chi connectivity index (χ0n) is 10.3. The highest BCUT2D eigenvalue weighted by Crippen LogP contribution is 2.17. The van der Waals surface area contributed by atoms with Gasteiger partial charge < -0.3 is 10.4 Å². The molecule has 2 unspecified atom stereocenters. The lowest BCUT2D eigenvalue weighted by atomic mass is 10.0. The van der Waals surface area contributed by atoms with Gasteiger partial charge in [0.15, 0.2) is 0 Å². The third kappa shape index (κ3) is 4.02. The van der Waals surface area contributed by atoms with E-state index >= 15 is 0 Å². The van der Waals surface area contributed by atoms with Gasteiger partial charge in [-0.1, -0.05) is 30.7 Å². The van der Waals surface area contributed by atoms with Crippen LogP contribution in [0.4, 0.5) is 0 Å². The van der Waals surface area contributed by atoms with Crippen molar-refractivity contribution < 1.29 is 9.90 Å². The lowest BCUT2D eigenvalue weighted by Gasteiger charge is -2.23. The molecule has 3 nitrogen and oxygen atoms in total. The molecule has 3 atom stereocenters. The maximum Gasteiger partial charge on any atom is 0.307 e. The highest BCUT2D eigenvalue weighted by Gasteiger charge is 2.20. The molecule has 1 aromatic rings. The first-order valence-electron chi connectivity index (χ1n) is 5.66. The number of hydrogen-bond acceptors (Lipinski definition) is 2. The molecule has 4 heteroatoms. The summed E-state index contributed by atoms with van der Waals surface area (Å²) in [7, 11) is 0. The lowest BCUT2D eigenvalue weighted by molar-refractivity contribution is -0.142. The number of rotatable bonds is 5. The van der Waals surface area contributed by atoms with E-state index in [1.165, 1.54) is 0 Å². The van der Waals surface area contributed by atoms with Gasteiger partial charge in [-0.05, 0) is 31.5 Å². The van der Waals surface area contributed by atoms with Crippen LogP contribution in [0.5, 0.6) is 0 Å². The summed E-state index contributed by atoms with van der Waals surface area (Å²) in [6.07, 6.45) is 0. The minimum absolute atomic E-state index is 0.0850. The van der Waals surface area contributed by atoms with Crippen LogP contribution < -0.4 is 5.32 Å². The third-order valence-electron chi connectivity index (χ3n) is 3.02. The molecule has 0 amide bonds. The Balaban J connectivity index is 2.63. The first kappa shape index (κ1) is 14.0. The Labute approximate surface area is 107 Å². The first-order chi connectivity index (χ1) is 7.91. The number of carbonyl (C=O) groups is 1. The Kier molecular flexibility index (Phi) is 4.97. The van der Waals surface area contributed by atoms with Gasteiger partial charge in [0.25, 0.3) is 0 Å². The summed E-state index contributed by atoms with van der Waals surface area (Å²) in [5, 5.41) is 12.9. The number of aliphatic carboxylic acids is 1. The van der Waals surface area contributed by atoms with Crippen molar-refractivity contribution in [3.8, 4) is 0 Å². The minimum atomic E-state index is -0.784. The molecule has 0 fully saturated rings. The molecule has 0 heterocycles. The molecular formula is C13H18ClNO2. The molecular weight excluding hydrogens is 238 g/mol. The van der Waals surface area contributed by atoms with Gasteiger partial charge in [0.05, 0.1) is 5.92 Å². The van der Waals surface area contributed by atoms with Gasteiger partial charge in [-0.2, -0.15) is 0 Å². The third-order valence-corrected chi connectivity index (χ3v) is 3.27. The van der Waals surface area contributed by atoms with Gasteiger partial charge in [0.1, 0.15) is 0 Å². The first-order valence-corrected chi connectivity index (χ1v) is 6.04. The maximum absolute atomic E-state index is 10.8. The number of nitrogens with one attached hydrogen (secondary N) is 1. The molecule has 1 rings (SSSR count). The normalized spacial score (nSPS) is 16.2. The van der Waals surface area contributed by atoms with Crippen LogP contribution in [0, 0.1) is 5.92 Å². The maximum atomic E-state index is 10.8. The standard InChI is InChI=1S/C13H18ClNO2/c1-8(13(16)17)9(2)15-10(3)11-4-6-12(14)7-5-11/h4-10,15H,1-3H3,(H,16,17)/t8?,9?,10-/m1/s1. The summed E-state index contributed by atoms with van der Waals surface area (Å²) in [6.45, 7) is 5.59. The number of benzene rings is 1. The van der Waals surface area contributed by atoms with Crippen molar-refractivity contribution >= 4 is 17.6 Å². The van der Waals surface area contributed by atoms with Crippen LogP contribution in [0.1, 0.15) is 32.4 Å². The van der Waals surface area contributed by atoms with Gasteiger partial charge in [-0.25, -0.2) is 0 Å². The summed E-state index contributed by atoms with van der Waals surface area (Å²) in [5.74, 6) is -1.20. The molecule has 0 bridgehead atoms. The van der Waals surface area contributed by atoms with E-state index in [1.54, 1.807) is 6.92 Å². The van der Waals surface area contributed by atoms with Crippen molar-refractivity contribution in [2.75, 3.05) is 0 Å². The van der Waals surface area contributed by atoms with E-state index in [4.69, 9.17) is 16.7 Å². The van der Waals surface area contributed by atoms with Crippen molar-refractivity contribution in [2.24, 2.45) is 5.92 Å². The van der Waals surface area contributed by atoms with Crippen LogP contribution in [0.2, 0.25) is 5.02 Å². The quantitative estimate of drug-likeness (QED) is 0.850. The Hall–Kier alpha value is -1.06. The van der Waals surface area contributed by atoms with Crippen molar-refractivity contribution in [1.29, 1.82) is 0 Å². The Morgan fingerprint density at radius 1 is 1.24 bits per heavy atom. The summed E-state index contributed by atoms with van der Waals surface area (Å²) >= 11 is 5.82. The SMILES string of the molecule is CC(N[C@H](C)c1ccc(Cl)cc1)C(C)C(=O)O. The number of halogens is 1. The topological polar surface area (TPSA) is 49.3 Å². The van der Waals surface area contributed by atoms with Gasteiger partial charge in [-0.15, -0.1) is 0 Å². The van der Waals surface area contributed by atoms with E-state index in [-0.39, 0.29) is 12.1 Å². The van der Waals surface area contributed by atoms with Crippen molar-refractivity contribution in [1.82, 2.24) is 5.32 Å². The smallest absolute Gasteiger partial charge is 0.307 e. The molecule has 0 aliphatic heterocycles. The van der Waals surface area contributed by atoms with E-state index in [0.717, 1.165) is 5.56 Å². The molecule has 0 aliphatic rings. The summed E-state index contributed by atoms with van der Waals surface area (Å²) in [6, 6.07) is 7.57. The second kappa shape index (κ2) is 6.03. The van der Waals surface area contributed by atoms with E-state index < -0.39 is 11.9 Å². The van der Waals surface area contributed by atoms with Crippen LogP contribution >= 0.6 is 11.6 Å². The van der Waals surface area contributed by atoms with E-state index in [1.807, 2.05) is 38.1 Å². The zero-order chi connectivity index (χ0) is 13.0. The van der Waals surface area contributed by atoms with Crippen LogP contribution in [0.3, 0.4) is 0 Å². The van der Waals surface area contributed by atoms with Crippen LogP contribution in [-0.4, -0.2) is 17.1 Å². The van der Waals surface area contributed by atoms with Crippen LogP contribution in [-0.2, 0) is 4.79 Å². The van der Waals surface area contributed by atoms with Crippen LogP contribution in [0.15, 0.2) is 24.3 Å². The molecule has 0 radical (unpaired) electrons. The Morgan fingerprint density at radius 2 is 1.76 bits per heavy atom. The van der Waals surface area contributed by atoms with Gasteiger partial charge in [-0.3, -0.25) is 4.79 Å². The lowest BCUT2D eigenvalue weighted by Crippen LogP contribution is -2.37. The molecule has 0 aromatic heterocycles. The van der Waals surface area contributed by atoms with E-state index in [0.29, 0.717) is 5.02 Å². The molecule has 0 aliphatic carbocycles. The second-order valence-corrected chi connectivity index (χ2v) is 4.79. The highest BCUT2D eigenvalue weighted by atomic mass is 35.5. The fourth-order valence-electron chi connectivity index (χ4n) is 1.60. The molecule has 1 aromatic carbocycles. The fraction of sp³-hybridized carbons (Fsp3) is 0.462. The molecule has 0 saturated heterocycles. The molecule has 0 saturated carbocycles. The van der Waals surface area contributed by atoms with E-state index in [2.05, 4.69) is 5.32 Å². The predicted molar refractivity (Wildman–Crippen MR) is 69.3 cm³/mol. The Bertz CT molecular complexity index is 378. The monoisotopic (exact) mass is 255 g/mol. The van der Waals surface area contributed by atoms with Gasteiger partial charge in [0.2, 0.25) is 0 Å². The molecule has 2 N–H and O–H groups in total. The van der Waals surface area contributed by atoms with Crippen molar-refractivity contribution in [3.63, 3.8) is 0 Å². The van der Waals surface area contributed by atoms with Gasteiger partial charge in [0, 0.05) is 17.1 Å². The van der Waals surface area contributed by atoms with E-state index in [9.17, 15) is 4.79 Å². The minimum Gasteiger partial charge on any atom is -0.481 e. The highest BCUT2D eigenvalue weighted by molar-refractivity contribution is 6.30. The molecule has 17 heavy (non-hydrogen) atoms. The zero-order valence-corrected chi connectivity index (χ0v) is 11.0. The average Bonchev–Trinajstić information content (AvgIpc) is 2.28. The fourth-order valence-corrected chi connectivity index (χ4v) is 1.73. The molecule has 0 spiro atoms. The summed E-state index contributed by atoms with van der Waals surface area (Å²) in [4.78, 5) is 10.8. The largest absolute Gasteiger partial charge is 0.481 e. The molecule has 94 valence electrons. The summed E-state index contributed by atoms with van der Waals surface area (Å²) in [5.41, 5.74) is 1.10. The van der Waals surface area contributed by atoms with Crippen molar-refractivity contribution in [2.45, 2.75) is 32.9 Å². The van der Waals surface area contributed by atoms with Crippen LogP contribution in [0.25, 0.3) is 0 Å².